The number of fused-ring (bicyclic) bond motifs is 2. The average Bonchev–Trinajstić information content (AvgIpc) is 2.79. The van der Waals surface area contributed by atoms with Crippen molar-refractivity contribution in [2.24, 2.45) is 5.73 Å². The quantitative estimate of drug-likeness (QED) is 0.908. The number of sulfonamides is 1. The first-order valence-electron chi connectivity index (χ1n) is 7.06. The average molecular weight is 314 g/mol. The molecule has 0 aromatic heterocycles. The molecule has 21 heavy (non-hydrogen) atoms. The summed E-state index contributed by atoms with van der Waals surface area (Å²) in [6.07, 6.45) is 1.68. The fourth-order valence-corrected chi connectivity index (χ4v) is 4.79. The van der Waals surface area contributed by atoms with Gasteiger partial charge in [0, 0.05) is 25.2 Å². The molecule has 2 atom stereocenters. The first kappa shape index (κ1) is 14.9. The van der Waals surface area contributed by atoms with Crippen LogP contribution in [0.15, 0.2) is 17.0 Å². The van der Waals surface area contributed by atoms with Crippen molar-refractivity contribution in [1.29, 1.82) is 0 Å². The van der Waals surface area contributed by atoms with Crippen LogP contribution < -0.4 is 5.73 Å². The van der Waals surface area contributed by atoms with Crippen molar-refractivity contribution in [3.63, 3.8) is 0 Å². The van der Waals surface area contributed by atoms with Crippen molar-refractivity contribution in [1.82, 2.24) is 4.31 Å². The van der Waals surface area contributed by atoms with Crippen LogP contribution in [0, 0.1) is 12.7 Å². The monoisotopic (exact) mass is 314 g/mol. The third-order valence-corrected chi connectivity index (χ3v) is 6.18. The van der Waals surface area contributed by atoms with E-state index in [-0.39, 0.29) is 29.2 Å². The number of rotatable bonds is 3. The lowest BCUT2D eigenvalue weighted by molar-refractivity contribution is -0.0114. The molecule has 0 spiro atoms. The van der Waals surface area contributed by atoms with Crippen LogP contribution in [0.1, 0.15) is 24.0 Å². The van der Waals surface area contributed by atoms with Crippen LogP contribution in [-0.2, 0) is 21.3 Å². The molecule has 7 heteroatoms. The van der Waals surface area contributed by atoms with Gasteiger partial charge in [-0.1, -0.05) is 0 Å². The summed E-state index contributed by atoms with van der Waals surface area (Å²) in [5.74, 6) is -0.534. The third kappa shape index (κ3) is 2.59. The molecular formula is C14H19FN2O3S. The Kier molecular flexibility index (Phi) is 3.77. The van der Waals surface area contributed by atoms with E-state index < -0.39 is 15.8 Å². The summed E-state index contributed by atoms with van der Waals surface area (Å²) in [6, 6.07) is 2.77. The zero-order valence-electron chi connectivity index (χ0n) is 11.9. The Morgan fingerprint density at radius 1 is 1.33 bits per heavy atom. The van der Waals surface area contributed by atoms with Crippen molar-refractivity contribution in [3.8, 4) is 0 Å². The minimum atomic E-state index is -3.72. The zero-order valence-corrected chi connectivity index (χ0v) is 12.7. The molecule has 3 rings (SSSR count). The summed E-state index contributed by atoms with van der Waals surface area (Å²) in [7, 11) is -3.72. The van der Waals surface area contributed by atoms with Crippen molar-refractivity contribution < 1.29 is 17.5 Å². The standard InChI is InChI=1S/C14H19FN2O3S/c1-9-13(15)4-10(6-16)5-14(9)21(18,19)17-7-11-2-3-12(8-17)20-11/h4-5,11-12H,2-3,6-8,16H2,1H3. The highest BCUT2D eigenvalue weighted by Crippen LogP contribution is 2.31. The lowest BCUT2D eigenvalue weighted by atomic mass is 10.1. The second kappa shape index (κ2) is 5.31. The zero-order chi connectivity index (χ0) is 15.2. The minimum Gasteiger partial charge on any atom is -0.372 e. The molecule has 2 N–H and O–H groups in total. The fourth-order valence-electron chi connectivity index (χ4n) is 3.01. The van der Waals surface area contributed by atoms with Gasteiger partial charge in [-0.25, -0.2) is 12.8 Å². The Balaban J connectivity index is 2.00. The second-order valence-electron chi connectivity index (χ2n) is 5.68. The second-order valence-corrected chi connectivity index (χ2v) is 7.59. The number of ether oxygens (including phenoxy) is 1. The van der Waals surface area contributed by atoms with E-state index in [1.54, 1.807) is 0 Å². The SMILES string of the molecule is Cc1c(F)cc(CN)cc1S(=O)(=O)N1CC2CCC(C1)O2. The maximum atomic E-state index is 13.9. The summed E-state index contributed by atoms with van der Waals surface area (Å²) >= 11 is 0. The molecule has 2 fully saturated rings. The van der Waals surface area contributed by atoms with Gasteiger partial charge in [0.1, 0.15) is 5.82 Å². The molecular weight excluding hydrogens is 295 g/mol. The molecule has 116 valence electrons. The molecule has 2 saturated heterocycles. The smallest absolute Gasteiger partial charge is 0.243 e. The number of hydrogen-bond donors (Lipinski definition) is 1. The number of nitrogens with two attached hydrogens (primary N) is 1. The van der Waals surface area contributed by atoms with Crippen LogP contribution in [0.25, 0.3) is 0 Å². The molecule has 0 amide bonds. The van der Waals surface area contributed by atoms with Gasteiger partial charge >= 0.3 is 0 Å². The summed E-state index contributed by atoms with van der Waals surface area (Å²) in [4.78, 5) is 0.0178. The predicted octanol–water partition coefficient (Wildman–Crippen LogP) is 1.14. The van der Waals surface area contributed by atoms with Crippen molar-refractivity contribution in [2.45, 2.75) is 43.4 Å². The van der Waals surface area contributed by atoms with Crippen LogP contribution in [0.5, 0.6) is 0 Å². The molecule has 0 saturated carbocycles. The Labute approximate surface area is 123 Å². The van der Waals surface area contributed by atoms with Gasteiger partial charge in [0.2, 0.25) is 10.0 Å². The van der Waals surface area contributed by atoms with E-state index in [0.717, 1.165) is 12.8 Å². The van der Waals surface area contributed by atoms with Gasteiger partial charge in [0.15, 0.2) is 0 Å². The molecule has 0 aliphatic carbocycles. The summed E-state index contributed by atoms with van der Waals surface area (Å²) in [5.41, 5.74) is 6.14. The predicted molar refractivity (Wildman–Crippen MR) is 75.7 cm³/mol. The topological polar surface area (TPSA) is 72.6 Å². The molecule has 1 aromatic rings. The van der Waals surface area contributed by atoms with Crippen molar-refractivity contribution >= 4 is 10.0 Å². The fraction of sp³-hybridized carbons (Fsp3) is 0.571. The Morgan fingerprint density at radius 3 is 2.52 bits per heavy atom. The maximum absolute atomic E-state index is 13.9. The largest absolute Gasteiger partial charge is 0.372 e. The van der Waals surface area contributed by atoms with Gasteiger partial charge < -0.3 is 10.5 Å². The van der Waals surface area contributed by atoms with Crippen LogP contribution >= 0.6 is 0 Å². The number of morpholine rings is 1. The number of nitrogens with zero attached hydrogens (tertiary/aromatic N) is 1. The number of halogens is 1. The van der Waals surface area contributed by atoms with Gasteiger partial charge in [-0.05, 0) is 37.5 Å². The molecule has 1 aromatic carbocycles. The lowest BCUT2D eigenvalue weighted by Gasteiger charge is -2.31. The molecule has 2 bridgehead atoms. The van der Waals surface area contributed by atoms with Crippen LogP contribution in [0.4, 0.5) is 4.39 Å². The van der Waals surface area contributed by atoms with Crippen molar-refractivity contribution in [3.05, 3.63) is 29.1 Å². The Hall–Kier alpha value is -1.02. The van der Waals surface area contributed by atoms with Crippen LogP contribution in [0.3, 0.4) is 0 Å². The van der Waals surface area contributed by atoms with Crippen molar-refractivity contribution in [2.75, 3.05) is 13.1 Å². The summed E-state index contributed by atoms with van der Waals surface area (Å²) in [6.45, 7) is 2.27. The molecule has 2 aliphatic rings. The van der Waals surface area contributed by atoms with E-state index in [1.807, 2.05) is 0 Å². The molecule has 2 unspecified atom stereocenters. The highest BCUT2D eigenvalue weighted by atomic mass is 32.2. The Morgan fingerprint density at radius 2 is 1.95 bits per heavy atom. The van der Waals surface area contributed by atoms with Gasteiger partial charge in [-0.2, -0.15) is 4.31 Å². The van der Waals surface area contributed by atoms with E-state index in [9.17, 15) is 12.8 Å². The summed E-state index contributed by atoms with van der Waals surface area (Å²) in [5, 5.41) is 0. The number of hydrogen-bond acceptors (Lipinski definition) is 4. The first-order valence-corrected chi connectivity index (χ1v) is 8.50. The van der Waals surface area contributed by atoms with Gasteiger partial charge in [0.25, 0.3) is 0 Å². The van der Waals surface area contributed by atoms with E-state index in [4.69, 9.17) is 10.5 Å². The highest BCUT2D eigenvalue weighted by Gasteiger charge is 2.40. The van der Waals surface area contributed by atoms with E-state index in [0.29, 0.717) is 18.7 Å². The number of benzene rings is 1. The lowest BCUT2D eigenvalue weighted by Crippen LogP contribution is -2.45. The third-order valence-electron chi connectivity index (χ3n) is 4.22. The summed E-state index contributed by atoms with van der Waals surface area (Å²) < 4.78 is 46.6. The van der Waals surface area contributed by atoms with Crippen LogP contribution in [0.2, 0.25) is 0 Å². The van der Waals surface area contributed by atoms with Gasteiger partial charge in [0.05, 0.1) is 17.1 Å². The van der Waals surface area contributed by atoms with E-state index >= 15 is 0 Å². The normalized spacial score (nSPS) is 26.2. The van der Waals surface area contributed by atoms with Gasteiger partial charge in [-0.3, -0.25) is 0 Å². The maximum Gasteiger partial charge on any atom is 0.243 e. The molecule has 2 aliphatic heterocycles. The molecule has 2 heterocycles. The first-order chi connectivity index (χ1) is 9.91. The highest BCUT2D eigenvalue weighted by molar-refractivity contribution is 7.89. The van der Waals surface area contributed by atoms with E-state index in [1.165, 1.54) is 23.4 Å². The molecule has 5 nitrogen and oxygen atoms in total. The molecule has 0 radical (unpaired) electrons. The van der Waals surface area contributed by atoms with Gasteiger partial charge in [-0.15, -0.1) is 0 Å². The Bertz CT molecular complexity index is 650. The van der Waals surface area contributed by atoms with E-state index in [2.05, 4.69) is 0 Å². The minimum absolute atomic E-state index is 0.0178. The van der Waals surface area contributed by atoms with Crippen LogP contribution in [-0.4, -0.2) is 38.0 Å².